The Kier molecular flexibility index (Phi) is 5.85. The molecular weight excluding hydrogens is 296 g/mol. The van der Waals surface area contributed by atoms with Crippen LogP contribution in [0.2, 0.25) is 0 Å². The molecule has 0 aliphatic carbocycles. The molecule has 1 aromatic carbocycles. The maximum absolute atomic E-state index is 12.9. The molecule has 0 saturated carbocycles. The summed E-state index contributed by atoms with van der Waals surface area (Å²) >= 11 is 0. The van der Waals surface area contributed by atoms with Crippen LogP contribution in [0, 0.1) is 0 Å². The predicted molar refractivity (Wildman–Crippen MR) is 87.9 cm³/mol. The lowest BCUT2D eigenvalue weighted by Gasteiger charge is -2.37. The normalized spacial score (nSPS) is 16.7. The first-order valence-corrected chi connectivity index (χ1v) is 7.78. The zero-order valence-corrected chi connectivity index (χ0v) is 14.3. The van der Waals surface area contributed by atoms with Gasteiger partial charge < -0.3 is 24.4 Å². The van der Waals surface area contributed by atoms with Crippen LogP contribution in [-0.4, -0.2) is 57.9 Å². The fourth-order valence-electron chi connectivity index (χ4n) is 2.99. The van der Waals surface area contributed by atoms with Crippen LogP contribution in [0.25, 0.3) is 0 Å². The molecule has 1 aliphatic rings. The van der Waals surface area contributed by atoms with E-state index in [0.717, 1.165) is 24.4 Å². The summed E-state index contributed by atoms with van der Waals surface area (Å²) in [5, 5.41) is 3.26. The molecule has 1 aliphatic heterocycles. The van der Waals surface area contributed by atoms with Crippen molar-refractivity contribution < 1.29 is 19.0 Å². The first-order chi connectivity index (χ1) is 11.1. The summed E-state index contributed by atoms with van der Waals surface area (Å²) in [6.07, 6.45) is 1.37. The Morgan fingerprint density at radius 3 is 2.48 bits per heavy atom. The Bertz CT molecular complexity index is 541. The highest BCUT2D eigenvalue weighted by atomic mass is 16.5. The number of ether oxygens (including phenoxy) is 3. The molecule has 6 nitrogen and oxygen atoms in total. The van der Waals surface area contributed by atoms with Crippen molar-refractivity contribution in [1.82, 2.24) is 10.2 Å². The van der Waals surface area contributed by atoms with E-state index in [9.17, 15) is 4.79 Å². The highest BCUT2D eigenvalue weighted by Crippen LogP contribution is 2.28. The van der Waals surface area contributed by atoms with Gasteiger partial charge in [-0.25, -0.2) is 0 Å². The molecule has 1 amide bonds. The van der Waals surface area contributed by atoms with Crippen LogP contribution in [0.3, 0.4) is 0 Å². The SMILES string of the molecule is COc1ccc(CN(C)C(=O)C2(OC)CCNCC2)c(OC)c1. The van der Waals surface area contributed by atoms with Crippen molar-refractivity contribution in [2.75, 3.05) is 41.5 Å². The number of nitrogens with one attached hydrogen (secondary N) is 1. The van der Waals surface area contributed by atoms with Crippen molar-refractivity contribution in [1.29, 1.82) is 0 Å². The smallest absolute Gasteiger partial charge is 0.254 e. The van der Waals surface area contributed by atoms with Crippen LogP contribution in [0.15, 0.2) is 18.2 Å². The van der Waals surface area contributed by atoms with Gasteiger partial charge in [0.05, 0.1) is 14.2 Å². The molecule has 0 bridgehead atoms. The third kappa shape index (κ3) is 3.76. The quantitative estimate of drug-likeness (QED) is 0.858. The number of likely N-dealkylation sites (N-methyl/N-ethyl adjacent to an activating group) is 1. The van der Waals surface area contributed by atoms with Crippen molar-refractivity contribution in [3.8, 4) is 11.5 Å². The number of carbonyl (C=O) groups is 1. The minimum absolute atomic E-state index is 0.0133. The number of nitrogens with zero attached hydrogens (tertiary/aromatic N) is 1. The van der Waals surface area contributed by atoms with Crippen molar-refractivity contribution in [3.63, 3.8) is 0 Å². The largest absolute Gasteiger partial charge is 0.497 e. The van der Waals surface area contributed by atoms with Gasteiger partial charge in [-0.3, -0.25) is 4.79 Å². The van der Waals surface area contributed by atoms with Crippen molar-refractivity contribution in [2.45, 2.75) is 25.0 Å². The predicted octanol–water partition coefficient (Wildman–Crippen LogP) is 1.43. The Labute approximate surface area is 137 Å². The third-order valence-corrected chi connectivity index (χ3v) is 4.44. The minimum atomic E-state index is -0.723. The van der Waals surface area contributed by atoms with Gasteiger partial charge in [-0.1, -0.05) is 0 Å². The number of benzene rings is 1. The van der Waals surface area contributed by atoms with Crippen molar-refractivity contribution in [2.24, 2.45) is 0 Å². The molecule has 128 valence electrons. The molecule has 0 atom stereocenters. The summed E-state index contributed by atoms with van der Waals surface area (Å²) in [6.45, 7) is 2.04. The maximum Gasteiger partial charge on any atom is 0.254 e. The van der Waals surface area contributed by atoms with Gasteiger partial charge in [0.25, 0.3) is 5.91 Å². The van der Waals surface area contributed by atoms with E-state index in [2.05, 4.69) is 5.32 Å². The van der Waals surface area contributed by atoms with E-state index >= 15 is 0 Å². The van der Waals surface area contributed by atoms with Crippen LogP contribution in [-0.2, 0) is 16.1 Å². The molecular formula is C17H26N2O4. The number of hydrogen-bond donors (Lipinski definition) is 1. The fourth-order valence-corrected chi connectivity index (χ4v) is 2.99. The summed E-state index contributed by atoms with van der Waals surface area (Å²) in [5.41, 5.74) is 0.212. The van der Waals surface area contributed by atoms with E-state index in [-0.39, 0.29) is 5.91 Å². The lowest BCUT2D eigenvalue weighted by molar-refractivity contribution is -0.157. The number of rotatable bonds is 6. The summed E-state index contributed by atoms with van der Waals surface area (Å²) in [5.74, 6) is 1.45. The molecule has 2 rings (SSSR count). The average molecular weight is 322 g/mol. The van der Waals surface area contributed by atoms with Crippen LogP contribution < -0.4 is 14.8 Å². The molecule has 0 unspecified atom stereocenters. The van der Waals surface area contributed by atoms with E-state index in [1.165, 1.54) is 0 Å². The van der Waals surface area contributed by atoms with Gasteiger partial charge in [0.15, 0.2) is 0 Å². The molecule has 1 heterocycles. The van der Waals surface area contributed by atoms with Gasteiger partial charge in [-0.2, -0.15) is 0 Å². The van der Waals surface area contributed by atoms with Gasteiger partial charge in [0, 0.05) is 32.3 Å². The molecule has 0 spiro atoms. The Hall–Kier alpha value is -1.79. The molecule has 0 aromatic heterocycles. The van der Waals surface area contributed by atoms with Gasteiger partial charge in [0.2, 0.25) is 0 Å². The molecule has 0 radical (unpaired) electrons. The summed E-state index contributed by atoms with van der Waals surface area (Å²) in [7, 11) is 6.65. The first-order valence-electron chi connectivity index (χ1n) is 7.78. The number of methoxy groups -OCH3 is 3. The van der Waals surface area contributed by atoms with Crippen LogP contribution in [0.5, 0.6) is 11.5 Å². The highest BCUT2D eigenvalue weighted by molar-refractivity contribution is 5.85. The second-order valence-electron chi connectivity index (χ2n) is 5.79. The maximum atomic E-state index is 12.9. The molecule has 6 heteroatoms. The van der Waals surface area contributed by atoms with Crippen molar-refractivity contribution >= 4 is 5.91 Å². The Morgan fingerprint density at radius 2 is 1.91 bits per heavy atom. The van der Waals surface area contributed by atoms with E-state index in [1.54, 1.807) is 33.3 Å². The van der Waals surface area contributed by atoms with E-state index in [4.69, 9.17) is 14.2 Å². The molecule has 1 fully saturated rings. The minimum Gasteiger partial charge on any atom is -0.497 e. The lowest BCUT2D eigenvalue weighted by Crippen LogP contribution is -2.54. The number of amides is 1. The highest BCUT2D eigenvalue weighted by Gasteiger charge is 2.41. The van der Waals surface area contributed by atoms with E-state index in [1.807, 2.05) is 18.2 Å². The molecule has 1 N–H and O–H groups in total. The number of hydrogen-bond acceptors (Lipinski definition) is 5. The number of carbonyl (C=O) groups excluding carboxylic acids is 1. The van der Waals surface area contributed by atoms with Gasteiger partial charge >= 0.3 is 0 Å². The lowest BCUT2D eigenvalue weighted by atomic mass is 9.90. The topological polar surface area (TPSA) is 60.0 Å². The second kappa shape index (κ2) is 7.66. The third-order valence-electron chi connectivity index (χ3n) is 4.44. The van der Waals surface area contributed by atoms with Crippen molar-refractivity contribution in [3.05, 3.63) is 23.8 Å². The van der Waals surface area contributed by atoms with Crippen LogP contribution >= 0.6 is 0 Å². The standard InChI is InChI=1S/C17H26N2O4/c1-19(16(20)17(23-4)7-9-18-10-8-17)12-13-5-6-14(21-2)11-15(13)22-3/h5-6,11,18H,7-10,12H2,1-4H3. The monoisotopic (exact) mass is 322 g/mol. The van der Waals surface area contributed by atoms with E-state index < -0.39 is 5.60 Å². The average Bonchev–Trinajstić information content (AvgIpc) is 2.61. The van der Waals surface area contributed by atoms with E-state index in [0.29, 0.717) is 25.1 Å². The zero-order chi connectivity index (χ0) is 16.9. The van der Waals surface area contributed by atoms with Gasteiger partial charge in [0.1, 0.15) is 17.1 Å². The second-order valence-corrected chi connectivity index (χ2v) is 5.79. The zero-order valence-electron chi connectivity index (χ0n) is 14.3. The molecule has 1 aromatic rings. The Morgan fingerprint density at radius 1 is 1.22 bits per heavy atom. The van der Waals surface area contributed by atoms with Gasteiger partial charge in [-0.15, -0.1) is 0 Å². The number of piperidine rings is 1. The summed E-state index contributed by atoms with van der Waals surface area (Å²) in [4.78, 5) is 14.6. The Balaban J connectivity index is 2.14. The van der Waals surface area contributed by atoms with Gasteiger partial charge in [-0.05, 0) is 38.1 Å². The first kappa shape index (κ1) is 17.6. The van der Waals surface area contributed by atoms with Crippen LogP contribution in [0.4, 0.5) is 0 Å². The summed E-state index contributed by atoms with van der Waals surface area (Å²) in [6, 6.07) is 5.61. The fraction of sp³-hybridized carbons (Fsp3) is 0.588. The molecule has 23 heavy (non-hydrogen) atoms. The summed E-state index contributed by atoms with van der Waals surface area (Å²) < 4.78 is 16.2. The molecule has 1 saturated heterocycles. The van der Waals surface area contributed by atoms with Crippen LogP contribution in [0.1, 0.15) is 18.4 Å².